The van der Waals surface area contributed by atoms with Crippen molar-refractivity contribution in [2.45, 2.75) is 22.1 Å². The molecule has 0 spiro atoms. The van der Waals surface area contributed by atoms with Gasteiger partial charge in [0.2, 0.25) is 5.37 Å². The molecule has 2 nitrogen and oxygen atoms in total. The maximum absolute atomic E-state index is 2.38. The molecule has 0 fully saturated rings. The number of rotatable bonds is 2. The highest BCUT2D eigenvalue weighted by atomic mass is 127. The summed E-state index contributed by atoms with van der Waals surface area (Å²) in [6.45, 7) is 2.21. The third-order valence-corrected chi connectivity index (χ3v) is 7.05. The summed E-state index contributed by atoms with van der Waals surface area (Å²) in [5.74, 6) is 0. The molecule has 0 saturated carbocycles. The van der Waals surface area contributed by atoms with Crippen molar-refractivity contribution >= 4 is 34.9 Å². The van der Waals surface area contributed by atoms with E-state index in [1.54, 1.807) is 0 Å². The smallest absolute Gasteiger partial charge is 0.213 e. The second-order valence-corrected chi connectivity index (χ2v) is 8.50. The Bertz CT molecular complexity index is 847. The minimum Gasteiger partial charge on any atom is -1.00 e. The van der Waals surface area contributed by atoms with Crippen LogP contribution >= 0.6 is 11.8 Å². The van der Waals surface area contributed by atoms with Crippen LogP contribution in [0, 0.1) is 0 Å². The van der Waals surface area contributed by atoms with E-state index in [2.05, 4.69) is 91.5 Å². The Kier molecular flexibility index (Phi) is 5.75. The normalized spacial score (nSPS) is 20.5. The molecule has 0 bridgehead atoms. The van der Waals surface area contributed by atoms with Crippen LogP contribution in [0.15, 0.2) is 81.1 Å². The van der Waals surface area contributed by atoms with Gasteiger partial charge in [-0.2, -0.15) is 0 Å². The third-order valence-electron chi connectivity index (χ3n) is 4.46. The number of thiol groups is 1. The quantitative estimate of drug-likeness (QED) is 0.367. The minimum atomic E-state index is 0. The van der Waals surface area contributed by atoms with Gasteiger partial charge in [0.05, 0.1) is 16.4 Å². The summed E-state index contributed by atoms with van der Waals surface area (Å²) in [6.07, 6.45) is 4.68. The van der Waals surface area contributed by atoms with Crippen LogP contribution in [-0.2, 0) is 11.8 Å². The standard InChI is InChI=1S/C20H20N2S2.HI/c1-14(12-19-21(2)15-8-4-6-10-17(15)23-19)13-20-22(3)16-9-5-7-11-18(16)24-20;/h4-13,19H,1-3H3;1H/b14-12+,20-13-;. The number of benzene rings is 2. The van der Waals surface area contributed by atoms with Crippen molar-refractivity contribution in [3.05, 3.63) is 71.3 Å². The fourth-order valence-electron chi connectivity index (χ4n) is 3.12. The van der Waals surface area contributed by atoms with Gasteiger partial charge in [-0.3, -0.25) is 0 Å². The Labute approximate surface area is 175 Å². The third kappa shape index (κ3) is 3.59. The van der Waals surface area contributed by atoms with E-state index in [0.29, 0.717) is 5.37 Å². The lowest BCUT2D eigenvalue weighted by molar-refractivity contribution is -0.00000466. The van der Waals surface area contributed by atoms with Gasteiger partial charge in [-0.25, -0.2) is 0 Å². The van der Waals surface area contributed by atoms with E-state index in [0.717, 1.165) is 0 Å². The minimum absolute atomic E-state index is 0. The lowest BCUT2D eigenvalue weighted by Crippen LogP contribution is -3.00. The molecule has 1 atom stereocenters. The zero-order chi connectivity index (χ0) is 16.7. The first-order chi connectivity index (χ1) is 11.6. The van der Waals surface area contributed by atoms with Gasteiger partial charge in [-0.15, -0.1) is 0 Å². The lowest BCUT2D eigenvalue weighted by Gasteiger charge is -2.15. The van der Waals surface area contributed by atoms with Crippen LogP contribution in [0.2, 0.25) is 0 Å². The Morgan fingerprint density at radius 1 is 1.04 bits per heavy atom. The van der Waals surface area contributed by atoms with E-state index in [-0.39, 0.29) is 24.0 Å². The van der Waals surface area contributed by atoms with Crippen molar-refractivity contribution in [2.75, 3.05) is 23.9 Å². The SMILES string of the molecule is CC(/C=C1\Sc2ccccc2N1C)=C\C1[SH+]c2ccccc2N1C.[I-]. The average Bonchev–Trinajstić information content (AvgIpc) is 3.06. The van der Waals surface area contributed by atoms with E-state index in [1.165, 1.54) is 43.5 Å². The molecule has 0 N–H and O–H groups in total. The number of halogens is 1. The van der Waals surface area contributed by atoms with Gasteiger partial charge in [0.15, 0.2) is 4.90 Å². The number of allylic oxidation sites excluding steroid dienone is 2. The van der Waals surface area contributed by atoms with Gasteiger partial charge in [0.1, 0.15) is 0 Å². The summed E-state index contributed by atoms with van der Waals surface area (Å²) in [5.41, 5.74) is 3.96. The summed E-state index contributed by atoms with van der Waals surface area (Å²) in [7, 11) is 4.33. The molecule has 25 heavy (non-hydrogen) atoms. The molecule has 2 aromatic rings. The molecule has 4 rings (SSSR count). The molecule has 130 valence electrons. The molecule has 0 saturated heterocycles. The van der Waals surface area contributed by atoms with E-state index in [1.807, 2.05) is 11.8 Å². The monoisotopic (exact) mass is 480 g/mol. The van der Waals surface area contributed by atoms with Crippen molar-refractivity contribution < 1.29 is 24.0 Å². The van der Waals surface area contributed by atoms with Gasteiger partial charge in [-0.1, -0.05) is 36.0 Å². The summed E-state index contributed by atoms with van der Waals surface area (Å²) >= 11 is 3.22. The van der Waals surface area contributed by atoms with E-state index < -0.39 is 0 Å². The van der Waals surface area contributed by atoms with Crippen molar-refractivity contribution in [1.82, 2.24) is 0 Å². The van der Waals surface area contributed by atoms with Crippen LogP contribution < -0.4 is 33.8 Å². The van der Waals surface area contributed by atoms with Crippen molar-refractivity contribution in [3.63, 3.8) is 0 Å². The summed E-state index contributed by atoms with van der Waals surface area (Å²) < 4.78 is 0. The largest absolute Gasteiger partial charge is 1.00 e. The molecule has 0 amide bonds. The number of hydrogen-bond acceptors (Lipinski definition) is 3. The van der Waals surface area contributed by atoms with E-state index in [4.69, 9.17) is 0 Å². The molecule has 2 aromatic carbocycles. The van der Waals surface area contributed by atoms with Crippen molar-refractivity contribution in [2.24, 2.45) is 0 Å². The Morgan fingerprint density at radius 3 is 2.44 bits per heavy atom. The second-order valence-electron chi connectivity index (χ2n) is 6.16. The van der Waals surface area contributed by atoms with Crippen molar-refractivity contribution in [3.8, 4) is 0 Å². The molecule has 0 radical (unpaired) electrons. The summed E-state index contributed by atoms with van der Waals surface area (Å²) in [6, 6.07) is 17.3. The van der Waals surface area contributed by atoms with Gasteiger partial charge in [0.25, 0.3) is 0 Å². The van der Waals surface area contributed by atoms with Crippen LogP contribution in [0.5, 0.6) is 0 Å². The molecule has 1 unspecified atom stereocenters. The molecule has 0 aromatic heterocycles. The molecular weight excluding hydrogens is 459 g/mol. The number of thioether (sulfide) groups is 1. The molecule has 2 aliphatic heterocycles. The molecule has 2 heterocycles. The maximum Gasteiger partial charge on any atom is 0.213 e. The predicted octanol–water partition coefficient (Wildman–Crippen LogP) is 1.67. The highest BCUT2D eigenvalue weighted by Gasteiger charge is 2.33. The van der Waals surface area contributed by atoms with Crippen molar-refractivity contribution in [1.29, 1.82) is 0 Å². The molecule has 2 aliphatic rings. The highest BCUT2D eigenvalue weighted by Crippen LogP contribution is 2.45. The number of nitrogens with zero attached hydrogens (tertiary/aromatic N) is 2. The van der Waals surface area contributed by atoms with Crippen LogP contribution in [0.3, 0.4) is 0 Å². The number of likely N-dealkylation sites (N-methyl/N-ethyl adjacent to an activating group) is 1. The predicted molar refractivity (Wildman–Crippen MR) is 108 cm³/mol. The Hall–Kier alpha value is -1.05. The number of para-hydroxylation sites is 2. The van der Waals surface area contributed by atoms with Gasteiger partial charge >= 0.3 is 0 Å². The zero-order valence-corrected chi connectivity index (χ0v) is 18.3. The Morgan fingerprint density at radius 2 is 1.72 bits per heavy atom. The fraction of sp³-hybridized carbons (Fsp3) is 0.200. The first-order valence-electron chi connectivity index (χ1n) is 8.07. The van der Waals surface area contributed by atoms with Gasteiger partial charge < -0.3 is 33.8 Å². The van der Waals surface area contributed by atoms with Crippen LogP contribution in [0.25, 0.3) is 0 Å². The summed E-state index contributed by atoms with van der Waals surface area (Å²) in [4.78, 5) is 7.41. The van der Waals surface area contributed by atoms with Gasteiger partial charge in [0, 0.05) is 30.8 Å². The highest BCUT2D eigenvalue weighted by molar-refractivity contribution is 8.03. The van der Waals surface area contributed by atoms with Crippen LogP contribution in [0.4, 0.5) is 11.4 Å². The molecule has 5 heteroatoms. The first-order valence-corrected chi connectivity index (χ1v) is 9.85. The Balaban J connectivity index is 0.00000182. The molecular formula is C20H21IN2S2. The number of fused-ring (bicyclic) bond motifs is 2. The van der Waals surface area contributed by atoms with Gasteiger partial charge in [-0.05, 0) is 48.9 Å². The summed E-state index contributed by atoms with van der Waals surface area (Å²) in [5, 5.41) is 1.71. The number of hydrogen-bond donors (Lipinski definition) is 0. The van der Waals surface area contributed by atoms with Crippen LogP contribution in [0.1, 0.15) is 6.92 Å². The zero-order valence-electron chi connectivity index (χ0n) is 14.5. The van der Waals surface area contributed by atoms with E-state index >= 15 is 0 Å². The lowest BCUT2D eigenvalue weighted by atomic mass is 10.2. The van der Waals surface area contributed by atoms with Crippen LogP contribution in [-0.4, -0.2) is 19.5 Å². The number of anilines is 2. The fourth-order valence-corrected chi connectivity index (χ4v) is 5.71. The average molecular weight is 480 g/mol. The topological polar surface area (TPSA) is 6.48 Å². The second kappa shape index (κ2) is 7.68. The first kappa shape index (κ1) is 18.7. The maximum atomic E-state index is 2.38. The van der Waals surface area contributed by atoms with E-state index in [9.17, 15) is 0 Å². The molecule has 0 aliphatic carbocycles.